The van der Waals surface area contributed by atoms with Crippen molar-refractivity contribution in [2.45, 2.75) is 64.1 Å². The van der Waals surface area contributed by atoms with Crippen LogP contribution in [0.5, 0.6) is 0 Å². The van der Waals surface area contributed by atoms with Gasteiger partial charge in [0.1, 0.15) is 0 Å². The number of halogens is 1. The normalized spacial score (nSPS) is 24.0. The van der Waals surface area contributed by atoms with Crippen molar-refractivity contribution in [2.24, 2.45) is 5.73 Å². The minimum Gasteiger partial charge on any atom is -0.327 e. The molecule has 0 saturated carbocycles. The quantitative estimate of drug-likeness (QED) is 0.927. The molecule has 0 bridgehead atoms. The summed E-state index contributed by atoms with van der Waals surface area (Å²) in [6.45, 7) is 4.45. The summed E-state index contributed by atoms with van der Waals surface area (Å²) < 4.78 is 0. The third kappa shape index (κ3) is 3.36. The summed E-state index contributed by atoms with van der Waals surface area (Å²) >= 11 is 0. The number of benzene rings is 1. The van der Waals surface area contributed by atoms with Crippen LogP contribution in [0.1, 0.15) is 49.3 Å². The van der Waals surface area contributed by atoms with Crippen LogP contribution in [0, 0.1) is 0 Å². The molecule has 1 aliphatic heterocycles. The molecule has 1 fully saturated rings. The van der Waals surface area contributed by atoms with Crippen LogP contribution in [0.4, 0.5) is 0 Å². The molecule has 1 aliphatic carbocycles. The molecule has 0 radical (unpaired) electrons. The van der Waals surface area contributed by atoms with E-state index >= 15 is 0 Å². The van der Waals surface area contributed by atoms with Crippen molar-refractivity contribution in [3.8, 4) is 0 Å². The standard InChI is InChI=1S/C17H26N2.ClH/c1-13(18)17-7-2-3-10-19(17)12-14-8-9-15-5-4-6-16(15)11-14;/h8-9,11,13,17H,2-7,10,12,18H2,1H3;1H. The van der Waals surface area contributed by atoms with E-state index in [-0.39, 0.29) is 18.4 Å². The Kier molecular flexibility index (Phi) is 5.48. The zero-order chi connectivity index (χ0) is 13.2. The monoisotopic (exact) mass is 294 g/mol. The summed E-state index contributed by atoms with van der Waals surface area (Å²) in [4.78, 5) is 2.60. The molecule has 2 unspecified atom stereocenters. The summed E-state index contributed by atoms with van der Waals surface area (Å²) in [5.74, 6) is 0. The molecular weight excluding hydrogens is 268 g/mol. The zero-order valence-corrected chi connectivity index (χ0v) is 13.3. The largest absolute Gasteiger partial charge is 0.327 e. The molecule has 1 aromatic carbocycles. The number of hydrogen-bond acceptors (Lipinski definition) is 2. The third-order valence-corrected chi connectivity index (χ3v) is 4.82. The Labute approximate surface area is 129 Å². The first-order valence-corrected chi connectivity index (χ1v) is 7.84. The fourth-order valence-electron chi connectivity index (χ4n) is 3.77. The first-order valence-electron chi connectivity index (χ1n) is 7.84. The Morgan fingerprint density at radius 1 is 1.20 bits per heavy atom. The van der Waals surface area contributed by atoms with Crippen LogP contribution in [0.25, 0.3) is 0 Å². The lowest BCUT2D eigenvalue weighted by molar-refractivity contribution is 0.123. The number of likely N-dealkylation sites (tertiary alicyclic amines) is 1. The molecule has 2 aliphatic rings. The van der Waals surface area contributed by atoms with E-state index in [2.05, 4.69) is 30.0 Å². The van der Waals surface area contributed by atoms with E-state index in [4.69, 9.17) is 5.73 Å². The van der Waals surface area contributed by atoms with Gasteiger partial charge < -0.3 is 5.73 Å². The SMILES string of the molecule is CC(N)C1CCCCN1Cc1ccc2c(c1)CCC2.Cl. The highest BCUT2D eigenvalue weighted by molar-refractivity contribution is 5.85. The van der Waals surface area contributed by atoms with Gasteiger partial charge in [0.25, 0.3) is 0 Å². The average Bonchev–Trinajstić information content (AvgIpc) is 2.86. The van der Waals surface area contributed by atoms with Crippen molar-refractivity contribution in [2.75, 3.05) is 6.54 Å². The highest BCUT2D eigenvalue weighted by atomic mass is 35.5. The van der Waals surface area contributed by atoms with Gasteiger partial charge in [-0.05, 0) is 62.3 Å². The molecule has 0 amide bonds. The second-order valence-corrected chi connectivity index (χ2v) is 6.35. The average molecular weight is 295 g/mol. The minimum atomic E-state index is 0. The molecule has 0 spiro atoms. The number of aryl methyl sites for hydroxylation is 2. The van der Waals surface area contributed by atoms with Crippen LogP contribution in [-0.2, 0) is 19.4 Å². The van der Waals surface area contributed by atoms with Crippen LogP contribution >= 0.6 is 12.4 Å². The van der Waals surface area contributed by atoms with Gasteiger partial charge in [-0.1, -0.05) is 24.6 Å². The van der Waals surface area contributed by atoms with E-state index in [1.54, 1.807) is 11.1 Å². The Morgan fingerprint density at radius 3 is 2.80 bits per heavy atom. The minimum absolute atomic E-state index is 0. The van der Waals surface area contributed by atoms with Gasteiger partial charge in [0, 0.05) is 18.6 Å². The van der Waals surface area contributed by atoms with Gasteiger partial charge in [-0.3, -0.25) is 4.90 Å². The lowest BCUT2D eigenvalue weighted by Gasteiger charge is -2.38. The summed E-state index contributed by atoms with van der Waals surface area (Å²) in [7, 11) is 0. The fourth-order valence-corrected chi connectivity index (χ4v) is 3.77. The first-order chi connectivity index (χ1) is 9.24. The molecule has 3 rings (SSSR count). The molecule has 3 heteroatoms. The van der Waals surface area contributed by atoms with Gasteiger partial charge in [-0.25, -0.2) is 0 Å². The van der Waals surface area contributed by atoms with Crippen LogP contribution in [0.2, 0.25) is 0 Å². The Bertz CT molecular complexity index is 445. The number of rotatable bonds is 3. The number of hydrogen-bond donors (Lipinski definition) is 1. The smallest absolute Gasteiger partial charge is 0.0248 e. The van der Waals surface area contributed by atoms with E-state index in [1.165, 1.54) is 50.6 Å². The zero-order valence-electron chi connectivity index (χ0n) is 12.5. The van der Waals surface area contributed by atoms with Gasteiger partial charge in [-0.2, -0.15) is 0 Å². The molecule has 2 atom stereocenters. The van der Waals surface area contributed by atoms with Gasteiger partial charge in [-0.15, -0.1) is 12.4 Å². The van der Waals surface area contributed by atoms with Crippen molar-refractivity contribution < 1.29 is 0 Å². The molecule has 1 heterocycles. The van der Waals surface area contributed by atoms with Crippen LogP contribution < -0.4 is 5.73 Å². The maximum absolute atomic E-state index is 6.16. The molecule has 1 saturated heterocycles. The van der Waals surface area contributed by atoms with E-state index < -0.39 is 0 Å². The van der Waals surface area contributed by atoms with E-state index in [9.17, 15) is 0 Å². The van der Waals surface area contributed by atoms with E-state index in [0.717, 1.165) is 6.54 Å². The molecular formula is C17H27ClN2. The number of nitrogens with zero attached hydrogens (tertiary/aromatic N) is 1. The van der Waals surface area contributed by atoms with Crippen molar-refractivity contribution >= 4 is 12.4 Å². The number of piperidine rings is 1. The van der Waals surface area contributed by atoms with Crippen molar-refractivity contribution in [1.82, 2.24) is 4.90 Å². The number of nitrogens with two attached hydrogens (primary N) is 1. The van der Waals surface area contributed by atoms with Crippen molar-refractivity contribution in [1.29, 1.82) is 0 Å². The van der Waals surface area contributed by atoms with Gasteiger partial charge >= 0.3 is 0 Å². The highest BCUT2D eigenvalue weighted by Gasteiger charge is 2.25. The maximum Gasteiger partial charge on any atom is 0.0248 e. The Morgan fingerprint density at radius 2 is 2.00 bits per heavy atom. The van der Waals surface area contributed by atoms with Gasteiger partial charge in [0.2, 0.25) is 0 Å². The summed E-state index contributed by atoms with van der Waals surface area (Å²) in [6.07, 6.45) is 7.83. The third-order valence-electron chi connectivity index (χ3n) is 4.82. The van der Waals surface area contributed by atoms with Crippen LogP contribution in [0.3, 0.4) is 0 Å². The predicted octanol–water partition coefficient (Wildman–Crippen LogP) is 3.30. The second kappa shape index (κ2) is 6.93. The Hall–Kier alpha value is -0.570. The molecule has 0 aromatic heterocycles. The molecule has 2 nitrogen and oxygen atoms in total. The second-order valence-electron chi connectivity index (χ2n) is 6.35. The summed E-state index contributed by atoms with van der Waals surface area (Å²) in [5.41, 5.74) is 10.8. The summed E-state index contributed by atoms with van der Waals surface area (Å²) in [6, 6.07) is 7.98. The van der Waals surface area contributed by atoms with Gasteiger partial charge in [0.05, 0.1) is 0 Å². The van der Waals surface area contributed by atoms with Crippen LogP contribution in [-0.4, -0.2) is 23.5 Å². The van der Waals surface area contributed by atoms with Crippen LogP contribution in [0.15, 0.2) is 18.2 Å². The first kappa shape index (κ1) is 15.8. The van der Waals surface area contributed by atoms with Crippen molar-refractivity contribution in [3.63, 3.8) is 0 Å². The molecule has 2 N–H and O–H groups in total. The molecule has 20 heavy (non-hydrogen) atoms. The topological polar surface area (TPSA) is 29.3 Å². The fraction of sp³-hybridized carbons (Fsp3) is 0.647. The van der Waals surface area contributed by atoms with Crippen molar-refractivity contribution in [3.05, 3.63) is 34.9 Å². The van der Waals surface area contributed by atoms with E-state index in [1.807, 2.05) is 0 Å². The maximum atomic E-state index is 6.16. The Balaban J connectivity index is 0.00000147. The summed E-state index contributed by atoms with van der Waals surface area (Å²) in [5, 5.41) is 0. The van der Waals surface area contributed by atoms with Gasteiger partial charge in [0.15, 0.2) is 0 Å². The molecule has 1 aromatic rings. The highest BCUT2D eigenvalue weighted by Crippen LogP contribution is 2.25. The predicted molar refractivity (Wildman–Crippen MR) is 87.4 cm³/mol. The number of fused-ring (bicyclic) bond motifs is 1. The molecule has 112 valence electrons. The van der Waals surface area contributed by atoms with E-state index in [0.29, 0.717) is 6.04 Å². The lowest BCUT2D eigenvalue weighted by atomic mass is 9.96. The lowest BCUT2D eigenvalue weighted by Crippen LogP contribution is -2.48.